The first kappa shape index (κ1) is 15.9. The van der Waals surface area contributed by atoms with Crippen LogP contribution in [0.25, 0.3) is 0 Å². The van der Waals surface area contributed by atoms with Crippen LogP contribution in [0.2, 0.25) is 0 Å². The number of anilines is 2. The molecular weight excluding hydrogens is 306 g/mol. The molecule has 124 valence electrons. The van der Waals surface area contributed by atoms with Crippen molar-refractivity contribution in [1.29, 1.82) is 0 Å². The standard InChI is InChI=1S/C18H19N3O3/c1-3-19-18(23)20-12-9-10-15-13(11-12)17(22)21(4-2)14-7-5-6-8-16(14)24-15/h5-11H,3-4H2,1-2H3,(H2,19,20,23). The third-order valence-electron chi connectivity index (χ3n) is 3.74. The molecule has 6 heteroatoms. The molecule has 2 N–H and O–H groups in total. The molecule has 0 saturated heterocycles. The lowest BCUT2D eigenvalue weighted by Crippen LogP contribution is -2.30. The number of urea groups is 1. The van der Waals surface area contributed by atoms with Crippen LogP contribution in [0.4, 0.5) is 16.2 Å². The molecule has 0 unspecified atom stereocenters. The number of carbonyl (C=O) groups excluding carboxylic acids is 2. The van der Waals surface area contributed by atoms with Crippen molar-refractivity contribution in [2.24, 2.45) is 0 Å². The number of hydrogen-bond acceptors (Lipinski definition) is 3. The van der Waals surface area contributed by atoms with Gasteiger partial charge < -0.3 is 20.3 Å². The Morgan fingerprint density at radius 2 is 1.92 bits per heavy atom. The van der Waals surface area contributed by atoms with Gasteiger partial charge in [-0.3, -0.25) is 4.79 Å². The summed E-state index contributed by atoms with van der Waals surface area (Å²) in [7, 11) is 0. The highest BCUT2D eigenvalue weighted by Crippen LogP contribution is 2.39. The fraction of sp³-hybridized carbons (Fsp3) is 0.222. The Labute approximate surface area is 140 Å². The predicted octanol–water partition coefficient (Wildman–Crippen LogP) is 3.60. The van der Waals surface area contributed by atoms with Crippen LogP contribution in [0.5, 0.6) is 11.5 Å². The summed E-state index contributed by atoms with van der Waals surface area (Å²) in [5.74, 6) is 0.956. The van der Waals surface area contributed by atoms with Gasteiger partial charge in [0, 0.05) is 18.8 Å². The number of benzene rings is 2. The quantitative estimate of drug-likeness (QED) is 0.906. The molecule has 2 aromatic carbocycles. The lowest BCUT2D eigenvalue weighted by Gasteiger charge is -2.19. The molecule has 2 aromatic rings. The summed E-state index contributed by atoms with van der Waals surface area (Å²) in [6, 6.07) is 12.2. The molecule has 0 radical (unpaired) electrons. The first-order chi connectivity index (χ1) is 11.6. The maximum absolute atomic E-state index is 12.9. The van der Waals surface area contributed by atoms with E-state index in [9.17, 15) is 9.59 Å². The Kier molecular flexibility index (Phi) is 4.37. The third-order valence-corrected chi connectivity index (χ3v) is 3.74. The first-order valence-corrected chi connectivity index (χ1v) is 7.91. The van der Waals surface area contributed by atoms with Crippen molar-refractivity contribution in [2.45, 2.75) is 13.8 Å². The SMILES string of the molecule is CCNC(=O)Nc1ccc2c(c1)C(=O)N(CC)c1ccccc1O2. The molecule has 6 nitrogen and oxygen atoms in total. The number of nitrogens with zero attached hydrogens (tertiary/aromatic N) is 1. The maximum atomic E-state index is 12.9. The summed E-state index contributed by atoms with van der Waals surface area (Å²) in [5.41, 5.74) is 1.69. The Morgan fingerprint density at radius 1 is 1.12 bits per heavy atom. The highest BCUT2D eigenvalue weighted by Gasteiger charge is 2.27. The number of fused-ring (bicyclic) bond motifs is 2. The van der Waals surface area contributed by atoms with Crippen LogP contribution >= 0.6 is 0 Å². The Morgan fingerprint density at radius 3 is 2.67 bits per heavy atom. The van der Waals surface area contributed by atoms with E-state index in [-0.39, 0.29) is 11.9 Å². The van der Waals surface area contributed by atoms with Gasteiger partial charge in [-0.15, -0.1) is 0 Å². The summed E-state index contributed by atoms with van der Waals surface area (Å²) in [5, 5.41) is 5.37. The van der Waals surface area contributed by atoms with Gasteiger partial charge in [-0.05, 0) is 44.2 Å². The summed E-state index contributed by atoms with van der Waals surface area (Å²) >= 11 is 0. The molecular formula is C18H19N3O3. The van der Waals surface area contributed by atoms with E-state index in [0.717, 1.165) is 5.69 Å². The van der Waals surface area contributed by atoms with Crippen LogP contribution in [0.1, 0.15) is 24.2 Å². The van der Waals surface area contributed by atoms with E-state index in [0.29, 0.717) is 35.8 Å². The van der Waals surface area contributed by atoms with E-state index in [1.54, 1.807) is 23.1 Å². The maximum Gasteiger partial charge on any atom is 0.319 e. The molecule has 1 aliphatic heterocycles. The Hall–Kier alpha value is -3.02. The van der Waals surface area contributed by atoms with Crippen LogP contribution in [0.3, 0.4) is 0 Å². The van der Waals surface area contributed by atoms with E-state index < -0.39 is 0 Å². The van der Waals surface area contributed by atoms with Crippen molar-refractivity contribution >= 4 is 23.3 Å². The average molecular weight is 325 g/mol. The van der Waals surface area contributed by atoms with Crippen molar-refractivity contribution in [1.82, 2.24) is 5.32 Å². The van der Waals surface area contributed by atoms with Gasteiger partial charge in [0.2, 0.25) is 0 Å². The summed E-state index contributed by atoms with van der Waals surface area (Å²) in [4.78, 5) is 26.3. The monoisotopic (exact) mass is 325 g/mol. The molecule has 3 amide bonds. The smallest absolute Gasteiger partial charge is 0.319 e. The number of ether oxygens (including phenoxy) is 1. The highest BCUT2D eigenvalue weighted by atomic mass is 16.5. The van der Waals surface area contributed by atoms with Crippen LogP contribution in [-0.4, -0.2) is 25.0 Å². The van der Waals surface area contributed by atoms with E-state index in [2.05, 4.69) is 10.6 Å². The second kappa shape index (κ2) is 6.62. The summed E-state index contributed by atoms with van der Waals surface area (Å²) in [6.07, 6.45) is 0. The van der Waals surface area contributed by atoms with Crippen LogP contribution in [0.15, 0.2) is 42.5 Å². The van der Waals surface area contributed by atoms with E-state index in [1.165, 1.54) is 0 Å². The normalized spacial score (nSPS) is 12.6. The molecule has 0 aromatic heterocycles. The minimum Gasteiger partial charge on any atom is -0.454 e. The minimum absolute atomic E-state index is 0.156. The van der Waals surface area contributed by atoms with Gasteiger partial charge in [0.15, 0.2) is 5.75 Å². The van der Waals surface area contributed by atoms with Gasteiger partial charge in [0.1, 0.15) is 5.75 Å². The topological polar surface area (TPSA) is 70.7 Å². The summed E-state index contributed by atoms with van der Waals surface area (Å²) < 4.78 is 5.92. The first-order valence-electron chi connectivity index (χ1n) is 7.91. The summed E-state index contributed by atoms with van der Waals surface area (Å²) in [6.45, 7) is 4.80. The van der Waals surface area contributed by atoms with Crippen molar-refractivity contribution < 1.29 is 14.3 Å². The Balaban J connectivity index is 2.00. The van der Waals surface area contributed by atoms with Crippen molar-refractivity contribution in [2.75, 3.05) is 23.3 Å². The number of nitrogens with one attached hydrogen (secondary N) is 2. The third kappa shape index (κ3) is 2.90. The Bertz CT molecular complexity index is 789. The van der Waals surface area contributed by atoms with Gasteiger partial charge >= 0.3 is 6.03 Å². The minimum atomic E-state index is -0.310. The second-order valence-corrected chi connectivity index (χ2v) is 5.31. The van der Waals surface area contributed by atoms with Gasteiger partial charge in [0.25, 0.3) is 5.91 Å². The second-order valence-electron chi connectivity index (χ2n) is 5.31. The molecule has 0 saturated carbocycles. The zero-order valence-electron chi connectivity index (χ0n) is 13.6. The van der Waals surface area contributed by atoms with Crippen LogP contribution < -0.4 is 20.3 Å². The number of hydrogen-bond donors (Lipinski definition) is 2. The molecule has 1 heterocycles. The van der Waals surface area contributed by atoms with Crippen LogP contribution in [-0.2, 0) is 0 Å². The predicted molar refractivity (Wildman–Crippen MR) is 93.0 cm³/mol. The molecule has 3 rings (SSSR count). The number of carbonyl (C=O) groups is 2. The highest BCUT2D eigenvalue weighted by molar-refractivity contribution is 6.10. The molecule has 0 atom stereocenters. The molecule has 0 aliphatic carbocycles. The van der Waals surface area contributed by atoms with Gasteiger partial charge in [-0.25, -0.2) is 4.79 Å². The molecule has 1 aliphatic rings. The molecule has 0 fully saturated rings. The largest absolute Gasteiger partial charge is 0.454 e. The van der Waals surface area contributed by atoms with Gasteiger partial charge in [0.05, 0.1) is 11.3 Å². The van der Waals surface area contributed by atoms with E-state index >= 15 is 0 Å². The zero-order valence-corrected chi connectivity index (χ0v) is 13.6. The van der Waals surface area contributed by atoms with Gasteiger partial charge in [-0.2, -0.15) is 0 Å². The van der Waals surface area contributed by atoms with E-state index in [4.69, 9.17) is 4.74 Å². The molecule has 0 bridgehead atoms. The van der Waals surface area contributed by atoms with Crippen molar-refractivity contribution in [3.05, 3.63) is 48.0 Å². The zero-order chi connectivity index (χ0) is 17.1. The van der Waals surface area contributed by atoms with Crippen molar-refractivity contribution in [3.8, 4) is 11.5 Å². The fourth-order valence-corrected chi connectivity index (χ4v) is 2.65. The van der Waals surface area contributed by atoms with Gasteiger partial charge in [-0.1, -0.05) is 12.1 Å². The van der Waals surface area contributed by atoms with E-state index in [1.807, 2.05) is 38.1 Å². The number of para-hydroxylation sites is 2. The number of amides is 3. The van der Waals surface area contributed by atoms with Crippen molar-refractivity contribution in [3.63, 3.8) is 0 Å². The average Bonchev–Trinajstić information content (AvgIpc) is 2.69. The van der Waals surface area contributed by atoms with Crippen LogP contribution in [0, 0.1) is 0 Å². The lowest BCUT2D eigenvalue weighted by molar-refractivity contribution is 0.0988. The lowest BCUT2D eigenvalue weighted by atomic mass is 10.1. The molecule has 24 heavy (non-hydrogen) atoms. The fourth-order valence-electron chi connectivity index (χ4n) is 2.65. The number of rotatable bonds is 3. The molecule has 0 spiro atoms.